The fourth-order valence-electron chi connectivity index (χ4n) is 3.33. The van der Waals surface area contributed by atoms with Crippen LogP contribution < -0.4 is 10.6 Å². The lowest BCUT2D eigenvalue weighted by molar-refractivity contribution is -0.112. The van der Waals surface area contributed by atoms with Crippen LogP contribution in [0, 0.1) is 0 Å². The van der Waals surface area contributed by atoms with Gasteiger partial charge in [0, 0.05) is 23.5 Å². The van der Waals surface area contributed by atoms with Gasteiger partial charge in [-0.25, -0.2) is 0 Å². The zero-order valence-electron chi connectivity index (χ0n) is 18.5. The summed E-state index contributed by atoms with van der Waals surface area (Å²) in [4.78, 5) is 24.3. The molecule has 4 aromatic carbocycles. The van der Waals surface area contributed by atoms with E-state index < -0.39 is 0 Å². The van der Waals surface area contributed by atoms with Crippen LogP contribution in [-0.2, 0) is 9.59 Å². The van der Waals surface area contributed by atoms with Crippen LogP contribution in [0.2, 0.25) is 0 Å². The first-order chi connectivity index (χ1) is 16.7. The predicted molar refractivity (Wildman–Crippen MR) is 140 cm³/mol. The van der Waals surface area contributed by atoms with Gasteiger partial charge in [0.1, 0.15) is 0 Å². The molecule has 2 amide bonds. The Bertz CT molecular complexity index is 1190. The highest BCUT2D eigenvalue weighted by Crippen LogP contribution is 2.23. The molecule has 0 aliphatic rings. The Kier molecular flexibility index (Phi) is 7.44. The third-order valence-corrected chi connectivity index (χ3v) is 5.09. The number of benzene rings is 4. The summed E-state index contributed by atoms with van der Waals surface area (Å²) in [6.45, 7) is 0. The number of carbonyl (C=O) groups excluding carboxylic acids is 2. The van der Waals surface area contributed by atoms with Gasteiger partial charge in [0.05, 0.1) is 0 Å². The van der Waals surface area contributed by atoms with Gasteiger partial charge in [-0.3, -0.25) is 9.59 Å². The molecule has 0 saturated carbocycles. The van der Waals surface area contributed by atoms with Crippen LogP contribution in [0.4, 0.5) is 11.4 Å². The highest BCUT2D eigenvalue weighted by molar-refractivity contribution is 6.02. The first-order valence-corrected chi connectivity index (χ1v) is 10.9. The highest BCUT2D eigenvalue weighted by atomic mass is 16.2. The monoisotopic (exact) mass is 444 g/mol. The van der Waals surface area contributed by atoms with Gasteiger partial charge in [-0.05, 0) is 58.7 Å². The second-order valence-corrected chi connectivity index (χ2v) is 7.62. The molecule has 34 heavy (non-hydrogen) atoms. The molecule has 0 heterocycles. The summed E-state index contributed by atoms with van der Waals surface area (Å²) >= 11 is 0. The van der Waals surface area contributed by atoms with E-state index >= 15 is 0 Å². The summed E-state index contributed by atoms with van der Waals surface area (Å²) in [6, 6.07) is 34.6. The predicted octanol–water partition coefficient (Wildman–Crippen LogP) is 6.66. The lowest BCUT2D eigenvalue weighted by atomic mass is 10.0. The van der Waals surface area contributed by atoms with Crippen molar-refractivity contribution >= 4 is 35.3 Å². The number of rotatable bonds is 7. The van der Waals surface area contributed by atoms with E-state index in [1.807, 2.05) is 109 Å². The maximum atomic E-state index is 12.2. The van der Waals surface area contributed by atoms with Crippen molar-refractivity contribution in [3.05, 3.63) is 132 Å². The van der Waals surface area contributed by atoms with Crippen molar-refractivity contribution in [2.45, 2.75) is 0 Å². The molecule has 166 valence electrons. The maximum absolute atomic E-state index is 12.2. The Balaban J connectivity index is 1.32. The SMILES string of the molecule is O=C(C=Cc1ccccc1)Nc1ccc(-c2ccc(NC(=O)C=Cc3ccccc3)cc2)cc1. The molecular weight excluding hydrogens is 420 g/mol. The standard InChI is InChI=1S/C30H24N2O2/c33-29(21-11-23-7-3-1-4-8-23)31-27-17-13-25(14-18-27)26-15-19-28(20-16-26)32-30(34)22-12-24-9-5-2-6-10-24/h1-22H,(H,31,33)(H,32,34). The third-order valence-electron chi connectivity index (χ3n) is 5.09. The second-order valence-electron chi connectivity index (χ2n) is 7.62. The van der Waals surface area contributed by atoms with E-state index in [4.69, 9.17) is 0 Å². The van der Waals surface area contributed by atoms with Crippen LogP contribution in [0.1, 0.15) is 11.1 Å². The molecule has 0 aliphatic carbocycles. The summed E-state index contributed by atoms with van der Waals surface area (Å²) in [6.07, 6.45) is 6.60. The van der Waals surface area contributed by atoms with Crippen molar-refractivity contribution in [1.29, 1.82) is 0 Å². The molecule has 4 aromatic rings. The van der Waals surface area contributed by atoms with E-state index in [9.17, 15) is 9.59 Å². The van der Waals surface area contributed by atoms with Gasteiger partial charge >= 0.3 is 0 Å². The summed E-state index contributed by atoms with van der Waals surface area (Å²) < 4.78 is 0. The molecular formula is C30H24N2O2. The number of anilines is 2. The van der Waals surface area contributed by atoms with Crippen LogP contribution in [-0.4, -0.2) is 11.8 Å². The summed E-state index contributed by atoms with van der Waals surface area (Å²) in [5.74, 6) is -0.365. The normalized spacial score (nSPS) is 10.9. The van der Waals surface area contributed by atoms with Gasteiger partial charge in [-0.15, -0.1) is 0 Å². The average molecular weight is 445 g/mol. The largest absolute Gasteiger partial charge is 0.323 e. The molecule has 2 N–H and O–H groups in total. The minimum Gasteiger partial charge on any atom is -0.323 e. The molecule has 4 nitrogen and oxygen atoms in total. The van der Waals surface area contributed by atoms with Crippen molar-refractivity contribution in [3.8, 4) is 11.1 Å². The molecule has 4 rings (SSSR count). The molecule has 0 aromatic heterocycles. The van der Waals surface area contributed by atoms with Crippen molar-refractivity contribution in [2.24, 2.45) is 0 Å². The molecule has 0 bridgehead atoms. The Morgan fingerprint density at radius 1 is 0.471 bits per heavy atom. The fourth-order valence-corrected chi connectivity index (χ4v) is 3.33. The lowest BCUT2D eigenvalue weighted by Gasteiger charge is -2.07. The van der Waals surface area contributed by atoms with Crippen molar-refractivity contribution < 1.29 is 9.59 Å². The molecule has 0 aliphatic heterocycles. The van der Waals surface area contributed by atoms with E-state index in [1.54, 1.807) is 12.2 Å². The molecule has 0 saturated heterocycles. The molecule has 0 unspecified atom stereocenters. The summed E-state index contributed by atoms with van der Waals surface area (Å²) in [7, 11) is 0. The van der Waals surface area contributed by atoms with Crippen molar-refractivity contribution in [1.82, 2.24) is 0 Å². The van der Waals surface area contributed by atoms with Crippen molar-refractivity contribution in [2.75, 3.05) is 10.6 Å². The third kappa shape index (κ3) is 6.65. The Hall–Kier alpha value is -4.70. The van der Waals surface area contributed by atoms with E-state index in [0.29, 0.717) is 0 Å². The molecule has 0 atom stereocenters. The van der Waals surface area contributed by atoms with Gasteiger partial charge in [0.2, 0.25) is 11.8 Å². The average Bonchev–Trinajstić information content (AvgIpc) is 2.88. The van der Waals surface area contributed by atoms with Crippen LogP contribution >= 0.6 is 0 Å². The number of hydrogen-bond donors (Lipinski definition) is 2. The van der Waals surface area contributed by atoms with E-state index in [1.165, 1.54) is 12.2 Å². The number of amides is 2. The second kappa shape index (κ2) is 11.2. The van der Waals surface area contributed by atoms with Crippen LogP contribution in [0.5, 0.6) is 0 Å². The zero-order valence-corrected chi connectivity index (χ0v) is 18.5. The first kappa shape index (κ1) is 22.5. The zero-order chi connectivity index (χ0) is 23.6. The molecule has 0 radical (unpaired) electrons. The quantitative estimate of drug-likeness (QED) is 0.313. The van der Waals surface area contributed by atoms with Crippen molar-refractivity contribution in [3.63, 3.8) is 0 Å². The molecule has 0 spiro atoms. The Morgan fingerprint density at radius 3 is 1.18 bits per heavy atom. The van der Waals surface area contributed by atoms with E-state index in [0.717, 1.165) is 33.6 Å². The topological polar surface area (TPSA) is 58.2 Å². The Labute approximate surface area is 199 Å². The van der Waals surface area contributed by atoms with Gasteiger partial charge < -0.3 is 10.6 Å². The fraction of sp³-hybridized carbons (Fsp3) is 0. The smallest absolute Gasteiger partial charge is 0.248 e. The summed E-state index contributed by atoms with van der Waals surface area (Å²) in [5, 5.41) is 5.73. The number of hydrogen-bond acceptors (Lipinski definition) is 2. The van der Waals surface area contributed by atoms with Crippen LogP contribution in [0.3, 0.4) is 0 Å². The van der Waals surface area contributed by atoms with Gasteiger partial charge in [-0.1, -0.05) is 84.9 Å². The molecule has 4 heteroatoms. The minimum absolute atomic E-state index is 0.182. The van der Waals surface area contributed by atoms with E-state index in [2.05, 4.69) is 10.6 Å². The summed E-state index contributed by atoms with van der Waals surface area (Å²) in [5.41, 5.74) is 5.42. The van der Waals surface area contributed by atoms with Crippen LogP contribution in [0.25, 0.3) is 23.3 Å². The van der Waals surface area contributed by atoms with E-state index in [-0.39, 0.29) is 11.8 Å². The van der Waals surface area contributed by atoms with Gasteiger partial charge in [0.15, 0.2) is 0 Å². The maximum Gasteiger partial charge on any atom is 0.248 e. The first-order valence-electron chi connectivity index (χ1n) is 10.9. The van der Waals surface area contributed by atoms with Gasteiger partial charge in [0.25, 0.3) is 0 Å². The highest BCUT2D eigenvalue weighted by Gasteiger charge is 2.03. The number of nitrogens with one attached hydrogen (secondary N) is 2. The van der Waals surface area contributed by atoms with Gasteiger partial charge in [-0.2, -0.15) is 0 Å². The Morgan fingerprint density at radius 2 is 0.824 bits per heavy atom. The van der Waals surface area contributed by atoms with Crippen LogP contribution in [0.15, 0.2) is 121 Å². The number of carbonyl (C=O) groups is 2. The minimum atomic E-state index is -0.182. The molecule has 0 fully saturated rings. The lowest BCUT2D eigenvalue weighted by Crippen LogP contribution is -2.07.